The minimum absolute atomic E-state index is 0.144. The lowest BCUT2D eigenvalue weighted by Crippen LogP contribution is -2.48. The number of nitrogens with zero attached hydrogens (tertiary/aromatic N) is 2. The molecule has 0 bridgehead atoms. The van der Waals surface area contributed by atoms with Crippen LogP contribution in [0, 0.1) is 0 Å². The standard InChI is InChI=1S/C21H23N3O4/c1-2-28-19-9-4-3-8-18(19)22-20(26)16-6-5-7-17(14-16)21(27)24-12-10-23(15-25)11-13-24/h3-9,14-15H,2,10-13H2,1H3,(H,22,26). The molecule has 1 saturated heterocycles. The van der Waals surface area contributed by atoms with E-state index in [9.17, 15) is 14.4 Å². The number of hydrogen-bond donors (Lipinski definition) is 1. The van der Waals surface area contributed by atoms with E-state index in [0.717, 1.165) is 6.41 Å². The van der Waals surface area contributed by atoms with E-state index in [1.54, 1.807) is 46.2 Å². The van der Waals surface area contributed by atoms with E-state index in [-0.39, 0.29) is 11.8 Å². The predicted octanol–water partition coefficient (Wildman–Crippen LogP) is 2.25. The van der Waals surface area contributed by atoms with Gasteiger partial charge in [0.2, 0.25) is 6.41 Å². The Morgan fingerprint density at radius 2 is 1.75 bits per heavy atom. The van der Waals surface area contributed by atoms with Crippen LogP contribution in [-0.2, 0) is 4.79 Å². The van der Waals surface area contributed by atoms with Gasteiger partial charge in [-0.1, -0.05) is 18.2 Å². The highest BCUT2D eigenvalue weighted by Gasteiger charge is 2.22. The Balaban J connectivity index is 1.71. The SMILES string of the molecule is CCOc1ccccc1NC(=O)c1cccc(C(=O)N2CCN(C=O)CC2)c1. The van der Waals surface area contributed by atoms with Crippen LogP contribution in [0.5, 0.6) is 5.75 Å². The van der Waals surface area contributed by atoms with Gasteiger partial charge in [0.25, 0.3) is 11.8 Å². The fourth-order valence-corrected chi connectivity index (χ4v) is 3.05. The van der Waals surface area contributed by atoms with Crippen LogP contribution in [0.15, 0.2) is 48.5 Å². The second kappa shape index (κ2) is 9.03. The average molecular weight is 381 g/mol. The van der Waals surface area contributed by atoms with Gasteiger partial charge in [-0.05, 0) is 37.3 Å². The van der Waals surface area contributed by atoms with Crippen LogP contribution >= 0.6 is 0 Å². The van der Waals surface area contributed by atoms with Gasteiger partial charge in [0.1, 0.15) is 5.75 Å². The molecule has 0 saturated carbocycles. The molecule has 3 rings (SSSR count). The lowest BCUT2D eigenvalue weighted by Gasteiger charge is -2.32. The van der Waals surface area contributed by atoms with Crippen LogP contribution in [0.1, 0.15) is 27.6 Å². The minimum Gasteiger partial charge on any atom is -0.492 e. The van der Waals surface area contributed by atoms with Gasteiger partial charge in [-0.3, -0.25) is 14.4 Å². The number of anilines is 1. The first-order valence-corrected chi connectivity index (χ1v) is 9.24. The zero-order chi connectivity index (χ0) is 19.9. The van der Waals surface area contributed by atoms with Crippen molar-refractivity contribution in [1.29, 1.82) is 0 Å². The van der Waals surface area contributed by atoms with Crippen LogP contribution in [0.2, 0.25) is 0 Å². The van der Waals surface area contributed by atoms with Gasteiger partial charge >= 0.3 is 0 Å². The Kier molecular flexibility index (Phi) is 6.26. The van der Waals surface area contributed by atoms with Crippen molar-refractivity contribution in [3.05, 3.63) is 59.7 Å². The maximum atomic E-state index is 12.7. The summed E-state index contributed by atoms with van der Waals surface area (Å²) in [4.78, 5) is 39.5. The summed E-state index contributed by atoms with van der Waals surface area (Å²) < 4.78 is 5.53. The normalized spacial score (nSPS) is 13.8. The number of amides is 3. The number of nitrogens with one attached hydrogen (secondary N) is 1. The molecule has 0 spiro atoms. The van der Waals surface area contributed by atoms with Crippen molar-refractivity contribution in [3.63, 3.8) is 0 Å². The molecular weight excluding hydrogens is 358 g/mol. The summed E-state index contributed by atoms with van der Waals surface area (Å²) in [7, 11) is 0. The molecule has 0 aromatic heterocycles. The Labute approximate surface area is 163 Å². The van der Waals surface area contributed by atoms with Gasteiger partial charge in [0, 0.05) is 37.3 Å². The third-order valence-corrected chi connectivity index (χ3v) is 4.56. The molecule has 2 aromatic carbocycles. The van der Waals surface area contributed by atoms with Crippen molar-refractivity contribution in [1.82, 2.24) is 9.80 Å². The first-order valence-electron chi connectivity index (χ1n) is 9.24. The summed E-state index contributed by atoms with van der Waals surface area (Å²) >= 11 is 0. The summed E-state index contributed by atoms with van der Waals surface area (Å²) in [5.41, 5.74) is 1.42. The second-order valence-electron chi connectivity index (χ2n) is 6.40. The molecular formula is C21H23N3O4. The molecule has 0 atom stereocenters. The van der Waals surface area contributed by atoms with E-state index in [4.69, 9.17) is 4.74 Å². The Bertz CT molecular complexity index is 860. The van der Waals surface area contributed by atoms with Gasteiger partial charge in [-0.15, -0.1) is 0 Å². The van der Waals surface area contributed by atoms with Crippen molar-refractivity contribution in [3.8, 4) is 5.75 Å². The van der Waals surface area contributed by atoms with Crippen molar-refractivity contribution in [2.45, 2.75) is 6.92 Å². The maximum absolute atomic E-state index is 12.7. The third-order valence-electron chi connectivity index (χ3n) is 4.56. The fourth-order valence-electron chi connectivity index (χ4n) is 3.05. The van der Waals surface area contributed by atoms with Gasteiger partial charge in [-0.25, -0.2) is 0 Å². The van der Waals surface area contributed by atoms with E-state index in [1.807, 2.05) is 19.1 Å². The number of para-hydroxylation sites is 2. The third kappa shape index (κ3) is 4.49. The van der Waals surface area contributed by atoms with Crippen LogP contribution in [0.25, 0.3) is 0 Å². The monoisotopic (exact) mass is 381 g/mol. The molecule has 0 unspecified atom stereocenters. The highest BCUT2D eigenvalue weighted by atomic mass is 16.5. The van der Waals surface area contributed by atoms with Crippen LogP contribution in [0.3, 0.4) is 0 Å². The van der Waals surface area contributed by atoms with E-state index < -0.39 is 0 Å². The Hall–Kier alpha value is -3.35. The fraction of sp³-hybridized carbons (Fsp3) is 0.286. The molecule has 7 nitrogen and oxygen atoms in total. The second-order valence-corrected chi connectivity index (χ2v) is 6.40. The van der Waals surface area contributed by atoms with Gasteiger partial charge in [0.05, 0.1) is 12.3 Å². The molecule has 0 aliphatic carbocycles. The number of benzene rings is 2. The molecule has 7 heteroatoms. The topological polar surface area (TPSA) is 79.0 Å². The molecule has 2 aromatic rings. The summed E-state index contributed by atoms with van der Waals surface area (Å²) in [6, 6.07) is 13.9. The quantitative estimate of drug-likeness (QED) is 0.779. The van der Waals surface area contributed by atoms with Crippen molar-refractivity contribution in [2.24, 2.45) is 0 Å². The molecule has 28 heavy (non-hydrogen) atoms. The summed E-state index contributed by atoms with van der Waals surface area (Å²) in [6.45, 7) is 4.37. The van der Waals surface area contributed by atoms with Crippen molar-refractivity contribution >= 4 is 23.9 Å². The Morgan fingerprint density at radius 3 is 2.46 bits per heavy atom. The van der Waals surface area contributed by atoms with E-state index in [0.29, 0.717) is 55.3 Å². The molecule has 3 amide bonds. The molecule has 0 radical (unpaired) electrons. The van der Waals surface area contributed by atoms with E-state index in [1.165, 1.54) is 0 Å². The summed E-state index contributed by atoms with van der Waals surface area (Å²) in [5.74, 6) is 0.140. The van der Waals surface area contributed by atoms with Gasteiger partial charge in [-0.2, -0.15) is 0 Å². The number of carbonyl (C=O) groups excluding carboxylic acids is 3. The van der Waals surface area contributed by atoms with Crippen LogP contribution < -0.4 is 10.1 Å². The highest BCUT2D eigenvalue weighted by molar-refractivity contribution is 6.06. The molecule has 1 aliphatic rings. The summed E-state index contributed by atoms with van der Waals surface area (Å²) in [5, 5.41) is 2.84. The van der Waals surface area contributed by atoms with E-state index >= 15 is 0 Å². The zero-order valence-electron chi connectivity index (χ0n) is 15.8. The average Bonchev–Trinajstić information content (AvgIpc) is 2.75. The smallest absolute Gasteiger partial charge is 0.255 e. The molecule has 1 fully saturated rings. The molecule has 146 valence electrons. The first-order chi connectivity index (χ1) is 13.6. The number of rotatable bonds is 6. The summed E-state index contributed by atoms with van der Waals surface area (Å²) in [6.07, 6.45) is 0.798. The van der Waals surface area contributed by atoms with Crippen molar-refractivity contribution in [2.75, 3.05) is 38.1 Å². The molecule has 1 aliphatic heterocycles. The van der Waals surface area contributed by atoms with Crippen LogP contribution in [0.4, 0.5) is 5.69 Å². The first kappa shape index (κ1) is 19.4. The number of piperazine rings is 1. The Morgan fingerprint density at radius 1 is 1.04 bits per heavy atom. The lowest BCUT2D eigenvalue weighted by molar-refractivity contribution is -0.119. The zero-order valence-corrected chi connectivity index (χ0v) is 15.8. The predicted molar refractivity (Wildman–Crippen MR) is 106 cm³/mol. The van der Waals surface area contributed by atoms with Gasteiger partial charge in [0.15, 0.2) is 0 Å². The van der Waals surface area contributed by atoms with Gasteiger partial charge < -0.3 is 19.9 Å². The number of carbonyl (C=O) groups is 3. The molecule has 1 heterocycles. The maximum Gasteiger partial charge on any atom is 0.255 e. The lowest BCUT2D eigenvalue weighted by atomic mass is 10.1. The number of hydrogen-bond acceptors (Lipinski definition) is 4. The highest BCUT2D eigenvalue weighted by Crippen LogP contribution is 2.24. The minimum atomic E-state index is -0.312. The molecule has 1 N–H and O–H groups in total. The van der Waals surface area contributed by atoms with Crippen molar-refractivity contribution < 1.29 is 19.1 Å². The largest absolute Gasteiger partial charge is 0.492 e. The van der Waals surface area contributed by atoms with E-state index in [2.05, 4.69) is 5.32 Å². The number of ether oxygens (including phenoxy) is 1. The van der Waals surface area contributed by atoms with Crippen LogP contribution in [-0.4, -0.2) is 60.8 Å².